The fraction of sp³-hybridized carbons (Fsp3) is 0.400. The number of hydrogen-bond donors (Lipinski definition) is 2. The van der Waals surface area contributed by atoms with Gasteiger partial charge in [-0.05, 0) is 6.92 Å². The van der Waals surface area contributed by atoms with Crippen molar-refractivity contribution in [3.63, 3.8) is 0 Å². The van der Waals surface area contributed by atoms with E-state index >= 15 is 0 Å². The van der Waals surface area contributed by atoms with E-state index in [-0.39, 0.29) is 0 Å². The Balaban J connectivity index is 2.77. The highest BCUT2D eigenvalue weighted by molar-refractivity contribution is 5.37. The number of anilines is 1. The molecule has 1 aromatic rings. The molecule has 0 atom stereocenters. The molecule has 0 aromatic carbocycles. The topological polar surface area (TPSA) is 73.1 Å². The molecule has 0 saturated heterocycles. The number of hydrazine groups is 1. The number of hydrogen-bond acceptors (Lipinski definition) is 5. The van der Waals surface area contributed by atoms with Crippen molar-refractivity contribution in [3.05, 3.63) is 24.0 Å². The van der Waals surface area contributed by atoms with Crippen molar-refractivity contribution in [3.8, 4) is 5.88 Å². The van der Waals surface area contributed by atoms with Crippen LogP contribution < -0.4 is 16.0 Å². The molecule has 1 heterocycles. The number of aryl methyl sites for hydroxylation is 1. The first-order valence-corrected chi connectivity index (χ1v) is 4.88. The summed E-state index contributed by atoms with van der Waals surface area (Å²) in [4.78, 5) is 8.36. The second kappa shape index (κ2) is 5.98. The smallest absolute Gasteiger partial charge is 0.219 e. The summed E-state index contributed by atoms with van der Waals surface area (Å²) in [5.74, 6) is 7.10. The van der Waals surface area contributed by atoms with Crippen LogP contribution in [0.25, 0.3) is 0 Å². The van der Waals surface area contributed by atoms with E-state index in [1.165, 1.54) is 0 Å². The molecule has 5 nitrogen and oxygen atoms in total. The van der Waals surface area contributed by atoms with Crippen molar-refractivity contribution in [1.29, 1.82) is 0 Å². The van der Waals surface area contributed by atoms with Crippen molar-refractivity contribution >= 4 is 5.82 Å². The van der Waals surface area contributed by atoms with Crippen LogP contribution in [0.2, 0.25) is 0 Å². The summed E-state index contributed by atoms with van der Waals surface area (Å²) >= 11 is 0. The van der Waals surface area contributed by atoms with Gasteiger partial charge in [0, 0.05) is 12.5 Å². The van der Waals surface area contributed by atoms with E-state index in [0.717, 1.165) is 6.42 Å². The SMILES string of the molecule is C/C=C/COc1cc(NN)nc(CC)n1. The molecule has 0 aliphatic rings. The molecule has 15 heavy (non-hydrogen) atoms. The van der Waals surface area contributed by atoms with Gasteiger partial charge >= 0.3 is 0 Å². The number of ether oxygens (including phenoxy) is 1. The molecule has 3 N–H and O–H groups in total. The zero-order valence-corrected chi connectivity index (χ0v) is 9.03. The predicted molar refractivity (Wildman–Crippen MR) is 59.5 cm³/mol. The van der Waals surface area contributed by atoms with Gasteiger partial charge < -0.3 is 10.2 Å². The van der Waals surface area contributed by atoms with Crippen LogP contribution >= 0.6 is 0 Å². The molecule has 0 unspecified atom stereocenters. The highest BCUT2D eigenvalue weighted by Crippen LogP contribution is 2.12. The summed E-state index contributed by atoms with van der Waals surface area (Å²) in [5.41, 5.74) is 2.48. The lowest BCUT2D eigenvalue weighted by Crippen LogP contribution is -2.11. The minimum Gasteiger partial charge on any atom is -0.473 e. The molecule has 0 fully saturated rings. The van der Waals surface area contributed by atoms with Crippen LogP contribution in [0.3, 0.4) is 0 Å². The fourth-order valence-corrected chi connectivity index (χ4v) is 1.01. The molecule has 0 aliphatic heterocycles. The number of nitrogens with zero attached hydrogens (tertiary/aromatic N) is 2. The number of rotatable bonds is 5. The van der Waals surface area contributed by atoms with E-state index < -0.39 is 0 Å². The fourth-order valence-electron chi connectivity index (χ4n) is 1.01. The number of allylic oxidation sites excluding steroid dienone is 1. The predicted octanol–water partition coefficient (Wildman–Crippen LogP) is 1.28. The Labute approximate surface area is 89.3 Å². The summed E-state index contributed by atoms with van der Waals surface area (Å²) in [6.07, 6.45) is 4.57. The number of aromatic nitrogens is 2. The summed E-state index contributed by atoms with van der Waals surface area (Å²) < 4.78 is 5.40. The number of nitrogen functional groups attached to an aromatic ring is 1. The standard InChI is InChI=1S/C10H16N4O/c1-3-5-6-15-10-7-9(14-11)12-8(4-2)13-10/h3,5,7H,4,6,11H2,1-2H3,(H,12,13,14)/b5-3+. The lowest BCUT2D eigenvalue weighted by atomic mass is 10.4. The van der Waals surface area contributed by atoms with E-state index in [4.69, 9.17) is 10.6 Å². The van der Waals surface area contributed by atoms with Gasteiger partial charge in [-0.25, -0.2) is 10.8 Å². The molecule has 0 saturated carbocycles. The molecule has 5 heteroatoms. The third-order valence-electron chi connectivity index (χ3n) is 1.78. The highest BCUT2D eigenvalue weighted by atomic mass is 16.5. The average molecular weight is 208 g/mol. The molecule has 1 aromatic heterocycles. The quantitative estimate of drug-likeness (QED) is 0.433. The van der Waals surface area contributed by atoms with Crippen molar-refractivity contribution in [2.75, 3.05) is 12.0 Å². The Morgan fingerprint density at radius 1 is 1.53 bits per heavy atom. The molecule has 0 amide bonds. The normalized spacial score (nSPS) is 10.6. The lowest BCUT2D eigenvalue weighted by molar-refractivity contribution is 0.346. The minimum atomic E-state index is 0.501. The van der Waals surface area contributed by atoms with Crippen molar-refractivity contribution in [2.24, 2.45) is 5.84 Å². The Kier molecular flexibility index (Phi) is 4.56. The average Bonchev–Trinajstić information content (AvgIpc) is 2.29. The molecular weight excluding hydrogens is 192 g/mol. The van der Waals surface area contributed by atoms with Crippen LogP contribution in [-0.2, 0) is 6.42 Å². The van der Waals surface area contributed by atoms with E-state index in [1.54, 1.807) is 6.07 Å². The van der Waals surface area contributed by atoms with Crippen LogP contribution in [0.15, 0.2) is 18.2 Å². The monoisotopic (exact) mass is 208 g/mol. The summed E-state index contributed by atoms with van der Waals surface area (Å²) in [5, 5.41) is 0. The van der Waals surface area contributed by atoms with Gasteiger partial charge in [0.25, 0.3) is 0 Å². The Morgan fingerprint density at radius 2 is 2.33 bits per heavy atom. The zero-order valence-electron chi connectivity index (χ0n) is 9.03. The van der Waals surface area contributed by atoms with E-state index in [1.807, 2.05) is 26.0 Å². The second-order valence-electron chi connectivity index (χ2n) is 2.89. The van der Waals surface area contributed by atoms with Crippen molar-refractivity contribution < 1.29 is 4.74 Å². The van der Waals surface area contributed by atoms with Gasteiger partial charge in [-0.2, -0.15) is 4.98 Å². The van der Waals surface area contributed by atoms with Gasteiger partial charge in [0.2, 0.25) is 5.88 Å². The second-order valence-corrected chi connectivity index (χ2v) is 2.89. The van der Waals surface area contributed by atoms with Gasteiger partial charge in [-0.3, -0.25) is 0 Å². The molecule has 1 rings (SSSR count). The largest absolute Gasteiger partial charge is 0.473 e. The van der Waals surface area contributed by atoms with Gasteiger partial charge in [0.05, 0.1) is 0 Å². The number of nitrogens with two attached hydrogens (primary N) is 1. The Hall–Kier alpha value is -1.62. The lowest BCUT2D eigenvalue weighted by Gasteiger charge is -2.06. The zero-order chi connectivity index (χ0) is 11.1. The molecule has 82 valence electrons. The molecule has 0 spiro atoms. The maximum Gasteiger partial charge on any atom is 0.219 e. The first-order valence-electron chi connectivity index (χ1n) is 4.88. The third kappa shape index (κ3) is 3.55. The van der Waals surface area contributed by atoms with E-state index in [0.29, 0.717) is 24.1 Å². The van der Waals surface area contributed by atoms with Gasteiger partial charge in [0.15, 0.2) is 0 Å². The highest BCUT2D eigenvalue weighted by Gasteiger charge is 2.02. The van der Waals surface area contributed by atoms with Crippen LogP contribution in [0.4, 0.5) is 5.82 Å². The van der Waals surface area contributed by atoms with Gasteiger partial charge in [0.1, 0.15) is 18.2 Å². The summed E-state index contributed by atoms with van der Waals surface area (Å²) in [7, 11) is 0. The first-order chi connectivity index (χ1) is 7.30. The molecule has 0 aliphatic carbocycles. The first kappa shape index (κ1) is 11.5. The van der Waals surface area contributed by atoms with E-state index in [9.17, 15) is 0 Å². The number of nitrogens with one attached hydrogen (secondary N) is 1. The summed E-state index contributed by atoms with van der Waals surface area (Å²) in [6, 6.07) is 1.67. The molecule has 0 bridgehead atoms. The van der Waals surface area contributed by atoms with Crippen molar-refractivity contribution in [1.82, 2.24) is 9.97 Å². The van der Waals surface area contributed by atoms with Crippen LogP contribution in [0.5, 0.6) is 5.88 Å². The Bertz CT molecular complexity index is 316. The van der Waals surface area contributed by atoms with Gasteiger partial charge in [-0.1, -0.05) is 19.1 Å². The van der Waals surface area contributed by atoms with Crippen LogP contribution in [-0.4, -0.2) is 16.6 Å². The van der Waals surface area contributed by atoms with Crippen LogP contribution in [0.1, 0.15) is 19.7 Å². The minimum absolute atomic E-state index is 0.501. The molecule has 0 radical (unpaired) electrons. The van der Waals surface area contributed by atoms with Gasteiger partial charge in [-0.15, -0.1) is 0 Å². The summed E-state index contributed by atoms with van der Waals surface area (Å²) in [6.45, 7) is 4.42. The molecular formula is C10H16N4O. The van der Waals surface area contributed by atoms with E-state index in [2.05, 4.69) is 15.4 Å². The van der Waals surface area contributed by atoms with Crippen molar-refractivity contribution in [2.45, 2.75) is 20.3 Å². The maximum absolute atomic E-state index is 5.40. The third-order valence-corrected chi connectivity index (χ3v) is 1.78. The maximum atomic E-state index is 5.40. The Morgan fingerprint density at radius 3 is 2.93 bits per heavy atom. The van der Waals surface area contributed by atoms with Crippen LogP contribution in [0, 0.1) is 0 Å².